The van der Waals surface area contributed by atoms with Crippen molar-refractivity contribution in [3.8, 4) is 0 Å². The smallest absolute Gasteiger partial charge is 0.283 e. The van der Waals surface area contributed by atoms with Crippen LogP contribution in [0.3, 0.4) is 0 Å². The first kappa shape index (κ1) is 14.5. The largest absolute Gasteiger partial charge is 0.330 e. The van der Waals surface area contributed by atoms with Gasteiger partial charge in [0.1, 0.15) is 0 Å². The highest BCUT2D eigenvalue weighted by Gasteiger charge is 2.15. The topological polar surface area (TPSA) is 81.0 Å². The molecule has 6 nitrogen and oxygen atoms in total. The van der Waals surface area contributed by atoms with Crippen molar-refractivity contribution >= 4 is 39.6 Å². The van der Waals surface area contributed by atoms with E-state index in [0.717, 1.165) is 5.69 Å². The third-order valence-corrected chi connectivity index (χ3v) is 4.65. The van der Waals surface area contributed by atoms with Crippen molar-refractivity contribution in [2.45, 2.75) is 9.24 Å². The number of hydrogen-bond donors (Lipinski definition) is 1. The van der Waals surface area contributed by atoms with Gasteiger partial charge in [0, 0.05) is 11.8 Å². The summed E-state index contributed by atoms with van der Waals surface area (Å²) in [6.07, 6.45) is 0. The summed E-state index contributed by atoms with van der Waals surface area (Å²) in [5, 5.41) is 22.9. The van der Waals surface area contributed by atoms with Crippen LogP contribution in [0.4, 0.5) is 16.5 Å². The van der Waals surface area contributed by atoms with Crippen LogP contribution in [0.2, 0.25) is 0 Å². The number of nitrogens with zero attached hydrogens (tertiary/aromatic N) is 3. The number of aromatic nitrogens is 2. The molecule has 1 heterocycles. The van der Waals surface area contributed by atoms with Gasteiger partial charge in [-0.3, -0.25) is 10.1 Å². The number of benzene rings is 2. The van der Waals surface area contributed by atoms with E-state index in [1.54, 1.807) is 18.2 Å². The van der Waals surface area contributed by atoms with Crippen molar-refractivity contribution in [2.24, 2.45) is 0 Å². The predicted octanol–water partition coefficient (Wildman–Crippen LogP) is 4.34. The lowest BCUT2D eigenvalue weighted by Gasteiger charge is -2.00. The molecule has 0 aliphatic carbocycles. The van der Waals surface area contributed by atoms with Crippen LogP contribution in [0.25, 0.3) is 0 Å². The fourth-order valence-corrected chi connectivity index (χ4v) is 3.57. The molecule has 0 fully saturated rings. The van der Waals surface area contributed by atoms with Crippen molar-refractivity contribution < 1.29 is 4.92 Å². The molecule has 1 N–H and O–H groups in total. The number of nitro benzene ring substituents is 1. The van der Waals surface area contributed by atoms with Crippen LogP contribution in [0.1, 0.15) is 0 Å². The molecule has 3 rings (SSSR count). The van der Waals surface area contributed by atoms with Gasteiger partial charge in [0.25, 0.3) is 5.69 Å². The zero-order chi connectivity index (χ0) is 15.4. The highest BCUT2D eigenvalue weighted by atomic mass is 32.2. The Balaban J connectivity index is 1.76. The molecule has 0 unspecified atom stereocenters. The van der Waals surface area contributed by atoms with Crippen molar-refractivity contribution in [1.82, 2.24) is 10.2 Å². The van der Waals surface area contributed by atoms with Gasteiger partial charge in [-0.2, -0.15) is 0 Å². The summed E-state index contributed by atoms with van der Waals surface area (Å²) in [6.45, 7) is 0. The summed E-state index contributed by atoms with van der Waals surface area (Å²) in [4.78, 5) is 11.2. The number of anilines is 2. The average molecular weight is 330 g/mol. The molecule has 0 aliphatic heterocycles. The minimum Gasteiger partial charge on any atom is -0.330 e. The number of nitro groups is 1. The number of hydrogen-bond acceptors (Lipinski definition) is 7. The van der Waals surface area contributed by atoms with Crippen LogP contribution in [0.5, 0.6) is 0 Å². The average Bonchev–Trinajstić information content (AvgIpc) is 2.96. The lowest BCUT2D eigenvalue weighted by Crippen LogP contribution is -1.89. The summed E-state index contributed by atoms with van der Waals surface area (Å²) in [5.41, 5.74) is 0.987. The van der Waals surface area contributed by atoms with Gasteiger partial charge in [-0.1, -0.05) is 41.7 Å². The van der Waals surface area contributed by atoms with Crippen molar-refractivity contribution in [1.29, 1.82) is 0 Å². The molecule has 0 bridgehead atoms. The molecular weight excluding hydrogens is 320 g/mol. The first-order valence-corrected chi connectivity index (χ1v) is 7.92. The van der Waals surface area contributed by atoms with Crippen LogP contribution in [-0.4, -0.2) is 15.1 Å². The summed E-state index contributed by atoms with van der Waals surface area (Å²) in [6, 6.07) is 16.2. The Kier molecular flexibility index (Phi) is 4.31. The second-order valence-electron chi connectivity index (χ2n) is 4.19. The third kappa shape index (κ3) is 3.41. The second kappa shape index (κ2) is 6.54. The second-order valence-corrected chi connectivity index (χ2v) is 6.46. The predicted molar refractivity (Wildman–Crippen MR) is 86.9 cm³/mol. The molecule has 110 valence electrons. The first-order chi connectivity index (χ1) is 10.7. The van der Waals surface area contributed by atoms with Crippen molar-refractivity contribution in [2.75, 3.05) is 5.32 Å². The number of nitrogens with one attached hydrogen (secondary N) is 1. The third-order valence-electron chi connectivity index (χ3n) is 2.69. The maximum atomic E-state index is 11.0. The van der Waals surface area contributed by atoms with Gasteiger partial charge >= 0.3 is 0 Å². The maximum Gasteiger partial charge on any atom is 0.283 e. The molecule has 3 aromatic rings. The van der Waals surface area contributed by atoms with Crippen LogP contribution in [0.15, 0.2) is 63.8 Å². The summed E-state index contributed by atoms with van der Waals surface area (Å²) >= 11 is 2.59. The molecule has 8 heteroatoms. The van der Waals surface area contributed by atoms with Crippen LogP contribution < -0.4 is 5.32 Å². The highest BCUT2D eigenvalue weighted by Crippen LogP contribution is 2.37. The van der Waals surface area contributed by atoms with Crippen LogP contribution >= 0.6 is 23.1 Å². The zero-order valence-corrected chi connectivity index (χ0v) is 12.8. The van der Waals surface area contributed by atoms with E-state index < -0.39 is 4.92 Å². The highest BCUT2D eigenvalue weighted by molar-refractivity contribution is 8.01. The molecular formula is C14H10N4O2S2. The first-order valence-electron chi connectivity index (χ1n) is 6.29. The normalized spacial score (nSPS) is 10.4. The number of para-hydroxylation sites is 2. The molecule has 22 heavy (non-hydrogen) atoms. The van der Waals surface area contributed by atoms with Crippen LogP contribution in [-0.2, 0) is 0 Å². The molecule has 0 saturated heterocycles. The van der Waals surface area contributed by atoms with Gasteiger partial charge in [0.15, 0.2) is 4.34 Å². The standard InChI is InChI=1S/C14H10N4O2S2/c19-18(20)11-8-4-5-9-12(11)21-14-17-16-13(22-14)15-10-6-2-1-3-7-10/h1-9H,(H,15,16). The molecule has 0 radical (unpaired) electrons. The summed E-state index contributed by atoms with van der Waals surface area (Å²) in [5.74, 6) is 0. The Bertz CT molecular complexity index is 792. The molecule has 0 aliphatic rings. The van der Waals surface area contributed by atoms with E-state index in [1.165, 1.54) is 29.2 Å². The van der Waals surface area contributed by atoms with Gasteiger partial charge in [-0.15, -0.1) is 10.2 Å². The Morgan fingerprint density at radius 1 is 1.05 bits per heavy atom. The fraction of sp³-hybridized carbons (Fsp3) is 0. The van der Waals surface area contributed by atoms with Crippen molar-refractivity contribution in [3.63, 3.8) is 0 Å². The Hall–Kier alpha value is -2.45. The maximum absolute atomic E-state index is 11.0. The molecule has 0 amide bonds. The van der Waals surface area contributed by atoms with E-state index in [0.29, 0.717) is 14.4 Å². The molecule has 0 saturated carbocycles. The molecule has 0 atom stereocenters. The lowest BCUT2D eigenvalue weighted by atomic mass is 10.3. The van der Waals surface area contributed by atoms with E-state index in [1.807, 2.05) is 30.3 Å². The molecule has 2 aromatic carbocycles. The Morgan fingerprint density at radius 2 is 1.77 bits per heavy atom. The Morgan fingerprint density at radius 3 is 2.55 bits per heavy atom. The Labute approximate surface area is 134 Å². The van der Waals surface area contributed by atoms with E-state index >= 15 is 0 Å². The van der Waals surface area contributed by atoms with Gasteiger partial charge in [0.05, 0.1) is 9.82 Å². The van der Waals surface area contributed by atoms with Gasteiger partial charge in [0.2, 0.25) is 5.13 Å². The zero-order valence-electron chi connectivity index (χ0n) is 11.2. The fourth-order valence-electron chi connectivity index (χ4n) is 1.73. The monoisotopic (exact) mass is 330 g/mol. The summed E-state index contributed by atoms with van der Waals surface area (Å²) in [7, 11) is 0. The van der Waals surface area contributed by atoms with E-state index in [2.05, 4.69) is 15.5 Å². The van der Waals surface area contributed by atoms with Gasteiger partial charge in [-0.05, 0) is 30.0 Å². The van der Waals surface area contributed by atoms with E-state index in [4.69, 9.17) is 0 Å². The van der Waals surface area contributed by atoms with Gasteiger partial charge in [-0.25, -0.2) is 0 Å². The minimum absolute atomic E-state index is 0.0697. The lowest BCUT2D eigenvalue weighted by molar-refractivity contribution is -0.387. The van der Waals surface area contributed by atoms with Gasteiger partial charge < -0.3 is 5.32 Å². The molecule has 1 aromatic heterocycles. The van der Waals surface area contributed by atoms with Crippen molar-refractivity contribution in [3.05, 3.63) is 64.7 Å². The molecule has 0 spiro atoms. The van der Waals surface area contributed by atoms with E-state index in [9.17, 15) is 10.1 Å². The van der Waals surface area contributed by atoms with E-state index in [-0.39, 0.29) is 5.69 Å². The quantitative estimate of drug-likeness (QED) is 0.553. The number of rotatable bonds is 5. The van der Waals surface area contributed by atoms with Crippen LogP contribution in [0, 0.1) is 10.1 Å². The minimum atomic E-state index is -0.396. The summed E-state index contributed by atoms with van der Waals surface area (Å²) < 4.78 is 0.646. The SMILES string of the molecule is O=[N+]([O-])c1ccccc1Sc1nnc(Nc2ccccc2)s1.